The number of nitrogens with zero attached hydrogens (tertiary/aromatic N) is 5. The van der Waals surface area contributed by atoms with E-state index in [0.717, 1.165) is 11.3 Å². The van der Waals surface area contributed by atoms with Crippen molar-refractivity contribution in [2.24, 2.45) is 0 Å². The van der Waals surface area contributed by atoms with Gasteiger partial charge in [-0.1, -0.05) is 12.1 Å². The van der Waals surface area contributed by atoms with Crippen molar-refractivity contribution >= 4 is 11.5 Å². The lowest BCUT2D eigenvalue weighted by atomic mass is 10.1. The molecule has 0 saturated heterocycles. The molecular formula is C13H13N5. The highest BCUT2D eigenvalue weighted by molar-refractivity contribution is 5.64. The number of fused-ring (bicyclic) bond motifs is 1. The van der Waals surface area contributed by atoms with E-state index in [4.69, 9.17) is 0 Å². The molecule has 0 radical (unpaired) electrons. The van der Waals surface area contributed by atoms with Crippen LogP contribution in [0.1, 0.15) is 0 Å². The van der Waals surface area contributed by atoms with Crippen LogP contribution >= 0.6 is 0 Å². The quantitative estimate of drug-likeness (QED) is 0.684. The highest BCUT2D eigenvalue weighted by atomic mass is 15.3. The SMILES string of the molecule is CN(C)c1ccc(-c2ccnc3ncnn23)cc1. The summed E-state index contributed by atoms with van der Waals surface area (Å²) in [6, 6.07) is 10.3. The lowest BCUT2D eigenvalue weighted by Crippen LogP contribution is -2.08. The molecule has 0 N–H and O–H groups in total. The Morgan fingerprint density at radius 3 is 2.50 bits per heavy atom. The Bertz CT molecular complexity index is 669. The van der Waals surface area contributed by atoms with Crippen molar-refractivity contribution in [3.63, 3.8) is 0 Å². The smallest absolute Gasteiger partial charge is 0.252 e. The minimum absolute atomic E-state index is 0.615. The molecule has 0 fully saturated rings. The van der Waals surface area contributed by atoms with Gasteiger partial charge in [0.1, 0.15) is 6.33 Å². The van der Waals surface area contributed by atoms with Gasteiger partial charge in [0.25, 0.3) is 5.78 Å². The molecule has 5 heteroatoms. The summed E-state index contributed by atoms with van der Waals surface area (Å²) in [6.45, 7) is 0. The average molecular weight is 239 g/mol. The summed E-state index contributed by atoms with van der Waals surface area (Å²) in [6.07, 6.45) is 3.26. The van der Waals surface area contributed by atoms with E-state index >= 15 is 0 Å². The molecule has 0 bridgehead atoms. The molecule has 3 aromatic rings. The first-order valence-corrected chi connectivity index (χ1v) is 5.68. The zero-order valence-electron chi connectivity index (χ0n) is 10.3. The van der Waals surface area contributed by atoms with E-state index in [2.05, 4.69) is 44.2 Å². The van der Waals surface area contributed by atoms with E-state index in [1.165, 1.54) is 12.0 Å². The summed E-state index contributed by atoms with van der Waals surface area (Å²) >= 11 is 0. The van der Waals surface area contributed by atoms with Gasteiger partial charge in [-0.3, -0.25) is 0 Å². The van der Waals surface area contributed by atoms with Crippen LogP contribution in [0.3, 0.4) is 0 Å². The summed E-state index contributed by atoms with van der Waals surface area (Å²) in [5.74, 6) is 0.615. The zero-order chi connectivity index (χ0) is 12.5. The van der Waals surface area contributed by atoms with Gasteiger partial charge < -0.3 is 4.90 Å². The summed E-state index contributed by atoms with van der Waals surface area (Å²) in [5.41, 5.74) is 3.25. The van der Waals surface area contributed by atoms with Crippen molar-refractivity contribution in [1.29, 1.82) is 0 Å². The molecular weight excluding hydrogens is 226 g/mol. The molecule has 3 rings (SSSR count). The Hall–Kier alpha value is -2.43. The van der Waals surface area contributed by atoms with Crippen LogP contribution in [0, 0.1) is 0 Å². The third-order valence-corrected chi connectivity index (χ3v) is 2.86. The van der Waals surface area contributed by atoms with Crippen LogP contribution in [0.15, 0.2) is 42.9 Å². The molecule has 0 atom stereocenters. The van der Waals surface area contributed by atoms with Gasteiger partial charge >= 0.3 is 0 Å². The van der Waals surface area contributed by atoms with Gasteiger partial charge in [-0.2, -0.15) is 14.6 Å². The minimum Gasteiger partial charge on any atom is -0.378 e. The van der Waals surface area contributed by atoms with Crippen molar-refractivity contribution in [3.05, 3.63) is 42.9 Å². The second kappa shape index (κ2) is 4.10. The van der Waals surface area contributed by atoms with Gasteiger partial charge in [-0.25, -0.2) is 4.98 Å². The Morgan fingerprint density at radius 1 is 1.00 bits per heavy atom. The van der Waals surface area contributed by atoms with E-state index in [9.17, 15) is 0 Å². The van der Waals surface area contributed by atoms with Crippen molar-refractivity contribution in [2.45, 2.75) is 0 Å². The molecule has 0 amide bonds. The Morgan fingerprint density at radius 2 is 1.78 bits per heavy atom. The maximum atomic E-state index is 4.19. The van der Waals surface area contributed by atoms with E-state index in [0.29, 0.717) is 5.78 Å². The van der Waals surface area contributed by atoms with E-state index in [1.54, 1.807) is 10.7 Å². The van der Waals surface area contributed by atoms with Crippen LogP contribution in [0.25, 0.3) is 17.0 Å². The topological polar surface area (TPSA) is 46.3 Å². The fourth-order valence-electron chi connectivity index (χ4n) is 1.89. The highest BCUT2D eigenvalue weighted by Gasteiger charge is 2.05. The molecule has 0 aliphatic carbocycles. The molecule has 0 aliphatic rings. The Balaban J connectivity index is 2.11. The third-order valence-electron chi connectivity index (χ3n) is 2.86. The average Bonchev–Trinajstić information content (AvgIpc) is 2.87. The lowest BCUT2D eigenvalue weighted by molar-refractivity contribution is 0.947. The number of aromatic nitrogens is 4. The van der Waals surface area contributed by atoms with Crippen LogP contribution in [0.5, 0.6) is 0 Å². The largest absolute Gasteiger partial charge is 0.378 e. The molecule has 2 aromatic heterocycles. The van der Waals surface area contributed by atoms with Gasteiger partial charge in [-0.15, -0.1) is 0 Å². The first-order valence-electron chi connectivity index (χ1n) is 5.68. The summed E-state index contributed by atoms with van der Waals surface area (Å²) in [7, 11) is 4.05. The van der Waals surface area contributed by atoms with Gasteiger partial charge in [0, 0.05) is 31.5 Å². The normalized spacial score (nSPS) is 10.8. The molecule has 5 nitrogen and oxygen atoms in total. The third kappa shape index (κ3) is 1.69. The number of hydrogen-bond acceptors (Lipinski definition) is 4. The lowest BCUT2D eigenvalue weighted by Gasteiger charge is -2.12. The number of anilines is 1. The van der Waals surface area contributed by atoms with Crippen LogP contribution in [0.4, 0.5) is 5.69 Å². The van der Waals surface area contributed by atoms with Gasteiger partial charge in [0.2, 0.25) is 0 Å². The summed E-state index contributed by atoms with van der Waals surface area (Å²) in [4.78, 5) is 10.3. The maximum absolute atomic E-state index is 4.19. The highest BCUT2D eigenvalue weighted by Crippen LogP contribution is 2.21. The van der Waals surface area contributed by atoms with Crippen molar-refractivity contribution in [1.82, 2.24) is 19.6 Å². The van der Waals surface area contributed by atoms with Crippen LogP contribution in [-0.2, 0) is 0 Å². The Labute approximate surface area is 105 Å². The van der Waals surface area contributed by atoms with Crippen LogP contribution < -0.4 is 4.90 Å². The van der Waals surface area contributed by atoms with Crippen molar-refractivity contribution in [2.75, 3.05) is 19.0 Å². The summed E-state index contributed by atoms with van der Waals surface area (Å²) in [5, 5.41) is 4.19. The predicted molar refractivity (Wildman–Crippen MR) is 70.5 cm³/mol. The molecule has 0 unspecified atom stereocenters. The molecule has 90 valence electrons. The maximum Gasteiger partial charge on any atom is 0.252 e. The monoisotopic (exact) mass is 239 g/mol. The van der Waals surface area contributed by atoms with Gasteiger partial charge in [0.15, 0.2) is 0 Å². The van der Waals surface area contributed by atoms with Crippen LogP contribution in [-0.4, -0.2) is 33.7 Å². The molecule has 0 aliphatic heterocycles. The first-order chi connectivity index (χ1) is 8.75. The zero-order valence-corrected chi connectivity index (χ0v) is 10.3. The summed E-state index contributed by atoms with van der Waals surface area (Å²) < 4.78 is 1.74. The molecule has 0 saturated carbocycles. The fourth-order valence-corrected chi connectivity index (χ4v) is 1.89. The molecule has 1 aromatic carbocycles. The first kappa shape index (κ1) is 10.7. The molecule has 2 heterocycles. The van der Waals surface area contributed by atoms with Crippen molar-refractivity contribution in [3.8, 4) is 11.3 Å². The van der Waals surface area contributed by atoms with Crippen molar-refractivity contribution < 1.29 is 0 Å². The van der Waals surface area contributed by atoms with E-state index < -0.39 is 0 Å². The molecule has 18 heavy (non-hydrogen) atoms. The number of rotatable bonds is 2. The second-order valence-electron chi connectivity index (χ2n) is 4.24. The number of benzene rings is 1. The second-order valence-corrected chi connectivity index (χ2v) is 4.24. The fraction of sp³-hybridized carbons (Fsp3) is 0.154. The van der Waals surface area contributed by atoms with Gasteiger partial charge in [0.05, 0.1) is 5.69 Å². The van der Waals surface area contributed by atoms with Gasteiger partial charge in [-0.05, 0) is 18.2 Å². The van der Waals surface area contributed by atoms with E-state index in [1.807, 2.05) is 20.2 Å². The van der Waals surface area contributed by atoms with Crippen LogP contribution in [0.2, 0.25) is 0 Å². The minimum atomic E-state index is 0.615. The van der Waals surface area contributed by atoms with E-state index in [-0.39, 0.29) is 0 Å². The predicted octanol–water partition coefficient (Wildman–Crippen LogP) is 1.86. The number of hydrogen-bond donors (Lipinski definition) is 0. The molecule has 0 spiro atoms. The Kier molecular flexibility index (Phi) is 2.44. The standard InChI is InChI=1S/C13H13N5/c1-17(2)11-5-3-10(4-6-11)12-7-8-14-13-15-9-16-18(12)13/h3-9H,1-2H3.